The Morgan fingerprint density at radius 2 is 2.14 bits per heavy atom. The fourth-order valence-electron chi connectivity index (χ4n) is 2.75. The lowest BCUT2D eigenvalue weighted by Gasteiger charge is -2.21. The molecule has 1 fully saturated rings. The van der Waals surface area contributed by atoms with Crippen LogP contribution in [0, 0.1) is 0 Å². The molecule has 1 aliphatic rings. The molecule has 1 aliphatic heterocycles. The summed E-state index contributed by atoms with van der Waals surface area (Å²) in [4.78, 5) is 15.3. The highest BCUT2D eigenvalue weighted by atomic mass is 32.2. The molecule has 21 heavy (non-hydrogen) atoms. The Kier molecular flexibility index (Phi) is 3.44. The molecule has 112 valence electrons. The topological polar surface area (TPSA) is 88.7 Å². The SMILES string of the molecule is O=C(O)c1ccc2nc(CC3CCCCS3(=O)=O)cn2c1. The minimum atomic E-state index is -3.02. The molecule has 0 saturated carbocycles. The number of hydrogen-bond acceptors (Lipinski definition) is 4. The van der Waals surface area contributed by atoms with Crippen LogP contribution in [0.15, 0.2) is 24.5 Å². The second-order valence-electron chi connectivity index (χ2n) is 5.41. The molecule has 0 radical (unpaired) electrons. The number of rotatable bonds is 3. The highest BCUT2D eigenvalue weighted by Gasteiger charge is 2.29. The Morgan fingerprint density at radius 3 is 2.86 bits per heavy atom. The number of carbonyl (C=O) groups is 1. The molecule has 0 bridgehead atoms. The van der Waals surface area contributed by atoms with E-state index < -0.39 is 15.8 Å². The van der Waals surface area contributed by atoms with Crippen molar-refractivity contribution < 1.29 is 18.3 Å². The summed E-state index contributed by atoms with van der Waals surface area (Å²) in [5.41, 5.74) is 1.49. The third-order valence-electron chi connectivity index (χ3n) is 3.90. The van der Waals surface area contributed by atoms with Crippen molar-refractivity contribution in [3.05, 3.63) is 35.8 Å². The number of carboxylic acid groups (broad SMARTS) is 1. The summed E-state index contributed by atoms with van der Waals surface area (Å²) in [6.07, 6.45) is 5.95. The smallest absolute Gasteiger partial charge is 0.337 e. The number of aromatic carboxylic acids is 1. The van der Waals surface area contributed by atoms with Gasteiger partial charge in [0.2, 0.25) is 0 Å². The zero-order valence-corrected chi connectivity index (χ0v) is 12.2. The van der Waals surface area contributed by atoms with Gasteiger partial charge in [0.05, 0.1) is 22.3 Å². The van der Waals surface area contributed by atoms with Crippen LogP contribution in [0.5, 0.6) is 0 Å². The predicted octanol–water partition coefficient (Wildman–Crippen LogP) is 1.54. The quantitative estimate of drug-likeness (QED) is 0.929. The molecule has 0 aliphatic carbocycles. The van der Waals surface area contributed by atoms with Gasteiger partial charge in [-0.15, -0.1) is 0 Å². The minimum absolute atomic E-state index is 0.178. The zero-order chi connectivity index (χ0) is 15.0. The number of hydrogen-bond donors (Lipinski definition) is 1. The molecule has 0 amide bonds. The Balaban J connectivity index is 1.89. The summed E-state index contributed by atoms with van der Waals surface area (Å²) in [6.45, 7) is 0. The maximum Gasteiger partial charge on any atom is 0.337 e. The van der Waals surface area contributed by atoms with Crippen LogP contribution in [0.2, 0.25) is 0 Å². The molecule has 0 spiro atoms. The normalized spacial score (nSPS) is 21.4. The molecule has 3 heterocycles. The number of fused-ring (bicyclic) bond motifs is 1. The van der Waals surface area contributed by atoms with E-state index in [1.54, 1.807) is 16.7 Å². The van der Waals surface area contributed by atoms with Crippen molar-refractivity contribution in [1.82, 2.24) is 9.38 Å². The van der Waals surface area contributed by atoms with Crippen LogP contribution in [0.3, 0.4) is 0 Å². The van der Waals surface area contributed by atoms with Crippen LogP contribution in [0.4, 0.5) is 0 Å². The molecule has 7 heteroatoms. The fraction of sp³-hybridized carbons (Fsp3) is 0.429. The largest absolute Gasteiger partial charge is 0.478 e. The Labute approximate surface area is 122 Å². The molecule has 1 saturated heterocycles. The third-order valence-corrected chi connectivity index (χ3v) is 6.17. The molecule has 6 nitrogen and oxygen atoms in total. The van der Waals surface area contributed by atoms with Crippen molar-refractivity contribution in [2.75, 3.05) is 5.75 Å². The predicted molar refractivity (Wildman–Crippen MR) is 77.3 cm³/mol. The molecular formula is C14H16N2O4S. The lowest BCUT2D eigenvalue weighted by atomic mass is 10.1. The first-order valence-electron chi connectivity index (χ1n) is 6.88. The molecule has 1 N–H and O–H groups in total. The van der Waals surface area contributed by atoms with Gasteiger partial charge < -0.3 is 9.51 Å². The number of aromatic nitrogens is 2. The summed E-state index contributed by atoms with van der Waals surface area (Å²) >= 11 is 0. The van der Waals surface area contributed by atoms with Crippen LogP contribution in [0.1, 0.15) is 35.3 Å². The van der Waals surface area contributed by atoms with E-state index in [1.807, 2.05) is 0 Å². The maximum absolute atomic E-state index is 12.0. The van der Waals surface area contributed by atoms with Crippen molar-refractivity contribution in [3.8, 4) is 0 Å². The van der Waals surface area contributed by atoms with Crippen LogP contribution >= 0.6 is 0 Å². The van der Waals surface area contributed by atoms with Gasteiger partial charge in [0.1, 0.15) is 5.65 Å². The number of carboxylic acids is 1. The second kappa shape index (κ2) is 5.14. The lowest BCUT2D eigenvalue weighted by molar-refractivity contribution is 0.0696. The van der Waals surface area contributed by atoms with Gasteiger partial charge in [0.15, 0.2) is 9.84 Å². The van der Waals surface area contributed by atoms with E-state index in [9.17, 15) is 13.2 Å². The van der Waals surface area contributed by atoms with Gasteiger partial charge in [-0.25, -0.2) is 18.2 Å². The van der Waals surface area contributed by atoms with Gasteiger partial charge in [-0.2, -0.15) is 0 Å². The van der Waals surface area contributed by atoms with Gasteiger partial charge in [-0.05, 0) is 25.0 Å². The zero-order valence-electron chi connectivity index (χ0n) is 11.4. The van der Waals surface area contributed by atoms with Gasteiger partial charge in [0.25, 0.3) is 0 Å². The van der Waals surface area contributed by atoms with Gasteiger partial charge in [-0.1, -0.05) is 6.42 Å². The summed E-state index contributed by atoms with van der Waals surface area (Å²) in [7, 11) is -3.02. The minimum Gasteiger partial charge on any atom is -0.478 e. The van der Waals surface area contributed by atoms with Crippen molar-refractivity contribution in [3.63, 3.8) is 0 Å². The van der Waals surface area contributed by atoms with Crippen molar-refractivity contribution in [2.45, 2.75) is 30.9 Å². The van der Waals surface area contributed by atoms with E-state index in [1.165, 1.54) is 12.3 Å². The Bertz CT molecular complexity index is 794. The number of pyridine rings is 1. The van der Waals surface area contributed by atoms with E-state index in [-0.39, 0.29) is 16.6 Å². The van der Waals surface area contributed by atoms with Gasteiger partial charge in [-0.3, -0.25) is 0 Å². The maximum atomic E-state index is 12.0. The van der Waals surface area contributed by atoms with E-state index >= 15 is 0 Å². The first-order chi connectivity index (χ1) is 9.95. The first kappa shape index (κ1) is 14.1. The second-order valence-corrected chi connectivity index (χ2v) is 7.81. The molecule has 2 aromatic rings. The van der Waals surface area contributed by atoms with E-state index in [0.29, 0.717) is 24.2 Å². The first-order valence-corrected chi connectivity index (χ1v) is 8.60. The number of nitrogens with zero attached hydrogens (tertiary/aromatic N) is 2. The Morgan fingerprint density at radius 1 is 1.33 bits per heavy atom. The molecular weight excluding hydrogens is 292 g/mol. The molecule has 2 aromatic heterocycles. The summed E-state index contributed by atoms with van der Waals surface area (Å²) < 4.78 is 25.7. The highest BCUT2D eigenvalue weighted by Crippen LogP contribution is 2.23. The molecule has 3 rings (SSSR count). The van der Waals surface area contributed by atoms with Crippen LogP contribution in [-0.2, 0) is 16.3 Å². The van der Waals surface area contributed by atoms with E-state index in [2.05, 4.69) is 4.98 Å². The standard InChI is InChI=1S/C14H16N2O4S/c17-14(18)10-4-5-13-15-11(9-16(13)8-10)7-12-3-1-2-6-21(12,19)20/h4-5,8-9,12H,1-3,6-7H2,(H,17,18). The summed E-state index contributed by atoms with van der Waals surface area (Å²) in [5, 5.41) is 8.60. The molecule has 1 unspecified atom stereocenters. The van der Waals surface area contributed by atoms with Crippen molar-refractivity contribution in [1.29, 1.82) is 0 Å². The van der Waals surface area contributed by atoms with E-state index in [0.717, 1.165) is 12.8 Å². The Hall–Kier alpha value is -1.89. The number of sulfone groups is 1. The van der Waals surface area contributed by atoms with Crippen molar-refractivity contribution in [2.24, 2.45) is 0 Å². The third kappa shape index (κ3) is 2.78. The average molecular weight is 308 g/mol. The van der Waals surface area contributed by atoms with Crippen LogP contribution in [0.25, 0.3) is 5.65 Å². The fourth-order valence-corrected chi connectivity index (χ4v) is 4.64. The highest BCUT2D eigenvalue weighted by molar-refractivity contribution is 7.92. The molecule has 0 aromatic carbocycles. The average Bonchev–Trinajstić information content (AvgIpc) is 2.82. The number of imidazole rings is 1. The summed E-state index contributed by atoms with van der Waals surface area (Å²) in [6, 6.07) is 3.12. The lowest BCUT2D eigenvalue weighted by Crippen LogP contribution is -2.30. The summed E-state index contributed by atoms with van der Waals surface area (Å²) in [5.74, 6) is -0.740. The van der Waals surface area contributed by atoms with Crippen molar-refractivity contribution >= 4 is 21.5 Å². The molecule has 1 atom stereocenters. The van der Waals surface area contributed by atoms with Gasteiger partial charge in [0, 0.05) is 18.8 Å². The monoisotopic (exact) mass is 308 g/mol. The van der Waals surface area contributed by atoms with Crippen LogP contribution < -0.4 is 0 Å². The van der Waals surface area contributed by atoms with Crippen LogP contribution in [-0.4, -0.2) is 39.9 Å². The van der Waals surface area contributed by atoms with E-state index in [4.69, 9.17) is 5.11 Å². The van der Waals surface area contributed by atoms with Gasteiger partial charge >= 0.3 is 5.97 Å².